The number of imidazole rings is 1. The third kappa shape index (κ3) is 3.39. The third-order valence-electron chi connectivity index (χ3n) is 5.39. The second-order valence-electron chi connectivity index (χ2n) is 7.33. The fourth-order valence-corrected chi connectivity index (χ4v) is 3.99. The van der Waals surface area contributed by atoms with E-state index >= 15 is 0 Å². The van der Waals surface area contributed by atoms with Crippen LogP contribution in [-0.2, 0) is 0 Å². The van der Waals surface area contributed by atoms with Crippen molar-refractivity contribution in [3.05, 3.63) is 90.0 Å². The van der Waals surface area contributed by atoms with Gasteiger partial charge in [0.15, 0.2) is 11.3 Å². The normalized spacial score (nSPS) is 16.2. The quantitative estimate of drug-likeness (QED) is 0.548. The van der Waals surface area contributed by atoms with Gasteiger partial charge < -0.3 is 10.2 Å². The van der Waals surface area contributed by atoms with Gasteiger partial charge in [0.2, 0.25) is 0 Å². The number of nitrogens with one attached hydrogen (secondary N) is 1. The van der Waals surface area contributed by atoms with Crippen LogP contribution in [0.4, 0.5) is 15.9 Å². The van der Waals surface area contributed by atoms with Crippen LogP contribution >= 0.6 is 0 Å². The van der Waals surface area contributed by atoms with E-state index in [1.165, 1.54) is 12.3 Å². The topological polar surface area (TPSA) is 62.5 Å². The van der Waals surface area contributed by atoms with Crippen LogP contribution in [0, 0.1) is 5.82 Å². The van der Waals surface area contributed by atoms with E-state index in [-0.39, 0.29) is 17.8 Å². The zero-order valence-corrected chi connectivity index (χ0v) is 16.2. The molecule has 5 rings (SSSR count). The number of fused-ring (bicyclic) bond motifs is 1. The van der Waals surface area contributed by atoms with Crippen LogP contribution in [0.2, 0.25) is 0 Å². The zero-order valence-electron chi connectivity index (χ0n) is 16.2. The summed E-state index contributed by atoms with van der Waals surface area (Å²) in [4.78, 5) is 19.2. The smallest absolute Gasteiger partial charge is 0.276 e. The Balaban J connectivity index is 1.47. The first-order valence-corrected chi connectivity index (χ1v) is 9.92. The second kappa shape index (κ2) is 7.59. The van der Waals surface area contributed by atoms with Gasteiger partial charge in [-0.3, -0.25) is 4.79 Å². The number of carbonyl (C=O) groups excluding carboxylic acids is 1. The molecule has 1 aliphatic heterocycles. The number of rotatable bonds is 4. The van der Waals surface area contributed by atoms with Gasteiger partial charge in [-0.2, -0.15) is 0 Å². The molecule has 6 nitrogen and oxygen atoms in total. The zero-order chi connectivity index (χ0) is 20.5. The van der Waals surface area contributed by atoms with Crippen molar-refractivity contribution >= 4 is 23.1 Å². The molecule has 1 amide bonds. The molecule has 1 saturated heterocycles. The summed E-state index contributed by atoms with van der Waals surface area (Å²) in [7, 11) is 0. The Kier molecular flexibility index (Phi) is 4.63. The number of hydrogen-bond acceptors (Lipinski definition) is 4. The monoisotopic (exact) mass is 401 g/mol. The van der Waals surface area contributed by atoms with Gasteiger partial charge in [-0.15, -0.1) is 5.10 Å². The van der Waals surface area contributed by atoms with Gasteiger partial charge in [0, 0.05) is 12.2 Å². The van der Waals surface area contributed by atoms with Crippen LogP contribution in [0.3, 0.4) is 0 Å². The average molecular weight is 401 g/mol. The number of carbonyl (C=O) groups is 1. The molecule has 2 aromatic carbocycles. The molecule has 30 heavy (non-hydrogen) atoms. The fraction of sp³-hybridized carbons (Fsp3) is 0.174. The van der Waals surface area contributed by atoms with Crippen molar-refractivity contribution in [3.63, 3.8) is 0 Å². The van der Waals surface area contributed by atoms with Crippen molar-refractivity contribution in [2.75, 3.05) is 16.8 Å². The van der Waals surface area contributed by atoms with Crippen molar-refractivity contribution < 1.29 is 9.18 Å². The molecule has 1 N–H and O–H groups in total. The maximum atomic E-state index is 13.7. The van der Waals surface area contributed by atoms with Gasteiger partial charge in [0.1, 0.15) is 11.6 Å². The minimum Gasteiger partial charge on any atom is -0.348 e. The first kappa shape index (κ1) is 18.3. The molecule has 0 spiro atoms. The second-order valence-corrected chi connectivity index (χ2v) is 7.33. The molecular weight excluding hydrogens is 381 g/mol. The molecule has 1 fully saturated rings. The van der Waals surface area contributed by atoms with Crippen LogP contribution in [0.25, 0.3) is 5.65 Å². The van der Waals surface area contributed by atoms with Crippen molar-refractivity contribution in [1.29, 1.82) is 0 Å². The number of hydrogen-bond donors (Lipinski definition) is 1. The van der Waals surface area contributed by atoms with Crippen LogP contribution in [0.5, 0.6) is 0 Å². The summed E-state index contributed by atoms with van der Waals surface area (Å²) >= 11 is 0. The van der Waals surface area contributed by atoms with Gasteiger partial charge >= 0.3 is 0 Å². The molecule has 0 saturated carbocycles. The summed E-state index contributed by atoms with van der Waals surface area (Å²) in [5.41, 5.74) is 2.59. The summed E-state index contributed by atoms with van der Waals surface area (Å²) in [5, 5.41) is 7.57. The summed E-state index contributed by atoms with van der Waals surface area (Å²) in [6.07, 6.45) is 3.44. The number of anilines is 2. The molecule has 1 aliphatic rings. The van der Waals surface area contributed by atoms with E-state index in [4.69, 9.17) is 5.10 Å². The highest BCUT2D eigenvalue weighted by Crippen LogP contribution is 2.35. The van der Waals surface area contributed by atoms with Gasteiger partial charge in [-0.1, -0.05) is 30.3 Å². The highest BCUT2D eigenvalue weighted by Gasteiger charge is 2.28. The number of halogens is 1. The van der Waals surface area contributed by atoms with Gasteiger partial charge in [0.05, 0.1) is 12.2 Å². The molecular formula is C23H20FN5O. The van der Waals surface area contributed by atoms with Crippen molar-refractivity contribution in [2.24, 2.45) is 0 Å². The summed E-state index contributed by atoms with van der Waals surface area (Å²) < 4.78 is 15.3. The number of nitrogens with zero attached hydrogens (tertiary/aromatic N) is 4. The largest absolute Gasteiger partial charge is 0.348 e. The van der Waals surface area contributed by atoms with Crippen molar-refractivity contribution in [2.45, 2.75) is 18.9 Å². The molecule has 4 aromatic rings. The molecule has 1 unspecified atom stereocenters. The Morgan fingerprint density at radius 3 is 2.77 bits per heavy atom. The number of amides is 1. The van der Waals surface area contributed by atoms with Gasteiger partial charge in [-0.05, 0) is 54.8 Å². The molecule has 2 aromatic heterocycles. The highest BCUT2D eigenvalue weighted by atomic mass is 19.1. The lowest BCUT2D eigenvalue weighted by Gasteiger charge is -2.26. The van der Waals surface area contributed by atoms with Gasteiger partial charge in [-0.25, -0.2) is 13.9 Å². The minimum atomic E-state index is -0.276. The molecule has 1 atom stereocenters. The van der Waals surface area contributed by atoms with Crippen LogP contribution in [0.15, 0.2) is 72.9 Å². The number of aromatic nitrogens is 3. The van der Waals surface area contributed by atoms with E-state index in [0.717, 1.165) is 30.8 Å². The van der Waals surface area contributed by atoms with E-state index in [1.807, 2.05) is 48.5 Å². The molecule has 0 bridgehead atoms. The fourth-order valence-electron chi connectivity index (χ4n) is 3.99. The van der Waals surface area contributed by atoms with E-state index in [9.17, 15) is 9.18 Å². The highest BCUT2D eigenvalue weighted by molar-refractivity contribution is 6.03. The first-order valence-electron chi connectivity index (χ1n) is 9.92. The molecule has 3 heterocycles. The maximum Gasteiger partial charge on any atom is 0.276 e. The Morgan fingerprint density at radius 2 is 1.93 bits per heavy atom. The molecule has 7 heteroatoms. The van der Waals surface area contributed by atoms with Gasteiger partial charge in [0.25, 0.3) is 5.91 Å². The van der Waals surface area contributed by atoms with Crippen LogP contribution in [-0.4, -0.2) is 27.0 Å². The number of para-hydroxylation sites is 1. The van der Waals surface area contributed by atoms with Crippen molar-refractivity contribution in [3.8, 4) is 0 Å². The third-order valence-corrected chi connectivity index (χ3v) is 5.39. The lowest BCUT2D eigenvalue weighted by Crippen LogP contribution is -2.25. The average Bonchev–Trinajstić information content (AvgIpc) is 3.41. The van der Waals surface area contributed by atoms with E-state index in [1.54, 1.807) is 16.6 Å². The minimum absolute atomic E-state index is 0.0516. The summed E-state index contributed by atoms with van der Waals surface area (Å²) in [5.74, 6) is 0.222. The lowest BCUT2D eigenvalue weighted by atomic mass is 10.0. The first-order chi connectivity index (χ1) is 14.7. The Labute approximate surface area is 173 Å². The van der Waals surface area contributed by atoms with Crippen LogP contribution in [0.1, 0.15) is 34.9 Å². The Bertz CT molecular complexity index is 1210. The standard InChI is InChI=1S/C23H20FN5O/c24-17-7-4-6-16(14-17)19-10-5-13-28(19)22-12-11-21-25-15-20(29(21)27-22)23(30)26-18-8-2-1-3-9-18/h1-4,6-9,11-12,14-15,19H,5,10,13H2,(H,26,30). The predicted octanol–water partition coefficient (Wildman–Crippen LogP) is 4.46. The maximum absolute atomic E-state index is 13.7. The number of benzene rings is 2. The Morgan fingerprint density at radius 1 is 1.07 bits per heavy atom. The Hall–Kier alpha value is -3.74. The van der Waals surface area contributed by atoms with Crippen LogP contribution < -0.4 is 10.2 Å². The van der Waals surface area contributed by atoms with E-state index in [2.05, 4.69) is 15.2 Å². The molecule has 0 radical (unpaired) electrons. The molecule has 0 aliphatic carbocycles. The summed E-state index contributed by atoms with van der Waals surface area (Å²) in [6, 6.07) is 19.8. The van der Waals surface area contributed by atoms with E-state index < -0.39 is 0 Å². The lowest BCUT2D eigenvalue weighted by molar-refractivity contribution is 0.102. The summed E-state index contributed by atoms with van der Waals surface area (Å²) in [6.45, 7) is 0.819. The van der Waals surface area contributed by atoms with Crippen molar-refractivity contribution in [1.82, 2.24) is 14.6 Å². The SMILES string of the molecule is O=C(Nc1ccccc1)c1cnc2ccc(N3CCCC3c3cccc(F)c3)nn12. The molecule has 150 valence electrons. The predicted molar refractivity (Wildman–Crippen MR) is 113 cm³/mol. The van der Waals surface area contributed by atoms with E-state index in [0.29, 0.717) is 17.0 Å².